The zero-order valence-electron chi connectivity index (χ0n) is 7.44. The van der Waals surface area contributed by atoms with Crippen LogP contribution in [0.15, 0.2) is 21.8 Å². The second-order valence-electron chi connectivity index (χ2n) is 2.78. The first-order chi connectivity index (χ1) is 7.09. The maximum Gasteiger partial charge on any atom is 0.276 e. The van der Waals surface area contributed by atoms with Gasteiger partial charge in [0.05, 0.1) is 10.8 Å². The van der Waals surface area contributed by atoms with Crippen molar-refractivity contribution in [3.8, 4) is 5.82 Å². The van der Waals surface area contributed by atoms with Crippen LogP contribution in [0.2, 0.25) is 0 Å². The Morgan fingerprint density at radius 2 is 2.20 bits per heavy atom. The van der Waals surface area contributed by atoms with E-state index in [1.54, 1.807) is 6.20 Å². The first kappa shape index (κ1) is 9.71. The molecule has 78 valence electrons. The van der Waals surface area contributed by atoms with Gasteiger partial charge in [-0.2, -0.15) is 0 Å². The lowest BCUT2D eigenvalue weighted by Gasteiger charge is -2.01. The molecule has 0 aliphatic heterocycles. The van der Waals surface area contributed by atoms with E-state index in [2.05, 4.69) is 31.0 Å². The second kappa shape index (κ2) is 3.39. The van der Waals surface area contributed by atoms with Crippen LogP contribution >= 0.6 is 15.9 Å². The zero-order chi connectivity index (χ0) is 11.0. The molecule has 0 aliphatic rings. The molecule has 0 spiro atoms. The lowest BCUT2D eigenvalue weighted by atomic mass is 10.5. The van der Waals surface area contributed by atoms with Gasteiger partial charge >= 0.3 is 0 Å². The third-order valence-corrected chi connectivity index (χ3v) is 2.39. The smallest absolute Gasteiger partial charge is 0.276 e. The van der Waals surface area contributed by atoms with Gasteiger partial charge in [-0.1, -0.05) is 0 Å². The summed E-state index contributed by atoms with van der Waals surface area (Å²) in [4.78, 5) is 17.5. The summed E-state index contributed by atoms with van der Waals surface area (Å²) in [6.45, 7) is 0. The van der Waals surface area contributed by atoms with E-state index in [0.29, 0.717) is 10.3 Å². The Kier molecular flexibility index (Phi) is 2.19. The molecule has 2 aromatic heterocycles. The third kappa shape index (κ3) is 1.59. The van der Waals surface area contributed by atoms with Gasteiger partial charge < -0.3 is 16.5 Å². The van der Waals surface area contributed by atoms with Gasteiger partial charge in [0.25, 0.3) is 5.56 Å². The number of H-pyrrole nitrogens is 1. The number of halogens is 1. The Balaban J connectivity index is 2.64. The lowest BCUT2D eigenvalue weighted by Crippen LogP contribution is -2.16. The summed E-state index contributed by atoms with van der Waals surface area (Å²) >= 11 is 3.19. The van der Waals surface area contributed by atoms with Gasteiger partial charge in [0, 0.05) is 6.20 Å². The molecule has 0 amide bonds. The molecule has 0 aromatic carbocycles. The fraction of sp³-hybridized carbons (Fsp3) is 0. The molecule has 0 radical (unpaired) electrons. The minimum atomic E-state index is -0.412. The number of nitrogen functional groups attached to an aromatic ring is 2. The maximum absolute atomic E-state index is 11.2. The van der Waals surface area contributed by atoms with Crippen LogP contribution < -0.4 is 17.0 Å². The SMILES string of the molecule is Nc1nn(-c2nc[nH]c(=O)c2N)cc1Br. The van der Waals surface area contributed by atoms with E-state index in [4.69, 9.17) is 11.5 Å². The van der Waals surface area contributed by atoms with Crippen molar-refractivity contribution in [2.75, 3.05) is 11.5 Å². The van der Waals surface area contributed by atoms with Crippen molar-refractivity contribution in [1.82, 2.24) is 19.7 Å². The van der Waals surface area contributed by atoms with Crippen LogP contribution in [0.25, 0.3) is 5.82 Å². The van der Waals surface area contributed by atoms with Gasteiger partial charge in [0.15, 0.2) is 11.6 Å². The highest BCUT2D eigenvalue weighted by Gasteiger charge is 2.10. The van der Waals surface area contributed by atoms with Gasteiger partial charge in [0.1, 0.15) is 5.69 Å². The van der Waals surface area contributed by atoms with Crippen molar-refractivity contribution in [3.05, 3.63) is 27.4 Å². The molecule has 0 bridgehead atoms. The van der Waals surface area contributed by atoms with Crippen molar-refractivity contribution >= 4 is 27.4 Å². The normalized spacial score (nSPS) is 10.5. The van der Waals surface area contributed by atoms with E-state index in [1.165, 1.54) is 11.0 Å². The molecule has 0 atom stereocenters. The quantitative estimate of drug-likeness (QED) is 0.668. The van der Waals surface area contributed by atoms with Crippen molar-refractivity contribution in [2.45, 2.75) is 0 Å². The average Bonchev–Trinajstić information content (AvgIpc) is 2.51. The van der Waals surface area contributed by atoms with Gasteiger partial charge in [-0.15, -0.1) is 5.10 Å². The molecular weight excluding hydrogens is 264 g/mol. The lowest BCUT2D eigenvalue weighted by molar-refractivity contribution is 0.843. The largest absolute Gasteiger partial charge is 0.391 e. The summed E-state index contributed by atoms with van der Waals surface area (Å²) in [6, 6.07) is 0. The number of aromatic amines is 1. The molecule has 0 aliphatic carbocycles. The molecule has 2 heterocycles. The molecule has 7 nitrogen and oxygen atoms in total. The van der Waals surface area contributed by atoms with E-state index in [0.717, 1.165) is 0 Å². The monoisotopic (exact) mass is 270 g/mol. The van der Waals surface area contributed by atoms with E-state index in [9.17, 15) is 4.79 Å². The number of nitrogens with zero attached hydrogens (tertiary/aromatic N) is 3. The van der Waals surface area contributed by atoms with Gasteiger partial charge in [-0.3, -0.25) is 4.79 Å². The number of hydrogen-bond acceptors (Lipinski definition) is 5. The van der Waals surface area contributed by atoms with Crippen LogP contribution in [0.5, 0.6) is 0 Å². The second-order valence-corrected chi connectivity index (χ2v) is 3.63. The number of nitrogens with one attached hydrogen (secondary N) is 1. The Morgan fingerprint density at radius 1 is 1.47 bits per heavy atom. The van der Waals surface area contributed by atoms with Crippen molar-refractivity contribution in [2.24, 2.45) is 0 Å². The summed E-state index contributed by atoms with van der Waals surface area (Å²) in [5, 5.41) is 3.93. The van der Waals surface area contributed by atoms with Crippen molar-refractivity contribution in [1.29, 1.82) is 0 Å². The molecule has 15 heavy (non-hydrogen) atoms. The fourth-order valence-electron chi connectivity index (χ4n) is 1.06. The Morgan fingerprint density at radius 3 is 2.80 bits per heavy atom. The molecule has 0 saturated carbocycles. The van der Waals surface area contributed by atoms with Crippen LogP contribution in [0.3, 0.4) is 0 Å². The maximum atomic E-state index is 11.2. The van der Waals surface area contributed by atoms with E-state index >= 15 is 0 Å². The van der Waals surface area contributed by atoms with E-state index in [1.807, 2.05) is 0 Å². The third-order valence-electron chi connectivity index (χ3n) is 1.78. The fourth-order valence-corrected chi connectivity index (χ4v) is 1.33. The number of anilines is 2. The summed E-state index contributed by atoms with van der Waals surface area (Å²) in [5.74, 6) is 0.549. The number of rotatable bonds is 1. The summed E-state index contributed by atoms with van der Waals surface area (Å²) in [7, 11) is 0. The predicted molar refractivity (Wildman–Crippen MR) is 58.5 cm³/mol. The zero-order valence-corrected chi connectivity index (χ0v) is 9.02. The molecule has 2 aromatic rings. The molecule has 0 saturated heterocycles. The Labute approximate surface area is 92.2 Å². The molecule has 5 N–H and O–H groups in total. The van der Waals surface area contributed by atoms with E-state index in [-0.39, 0.29) is 11.5 Å². The van der Waals surface area contributed by atoms with Crippen LogP contribution in [0.1, 0.15) is 0 Å². The molecule has 2 rings (SSSR count). The summed E-state index contributed by atoms with van der Waals surface area (Å²) < 4.78 is 1.95. The number of aromatic nitrogens is 4. The van der Waals surface area contributed by atoms with E-state index < -0.39 is 5.56 Å². The standard InChI is InChI=1S/C7H7BrN6O/c8-3-1-14(13-5(3)10)6-4(9)7(15)12-2-11-6/h1-2H,9H2,(H2,10,13)(H,11,12,15). The molecule has 0 fully saturated rings. The van der Waals surface area contributed by atoms with Crippen molar-refractivity contribution < 1.29 is 0 Å². The van der Waals surface area contributed by atoms with Crippen LogP contribution in [-0.4, -0.2) is 19.7 Å². The minimum absolute atomic E-state index is 0.00694. The van der Waals surface area contributed by atoms with Crippen LogP contribution in [0.4, 0.5) is 11.5 Å². The first-order valence-electron chi connectivity index (χ1n) is 3.94. The first-order valence-corrected chi connectivity index (χ1v) is 4.73. The Bertz CT molecular complexity index is 539. The molecule has 8 heteroatoms. The summed E-state index contributed by atoms with van der Waals surface area (Å²) in [6.07, 6.45) is 2.83. The Hall–Kier alpha value is -1.83. The number of hydrogen-bond donors (Lipinski definition) is 3. The predicted octanol–water partition coefficient (Wildman–Crippen LogP) is -0.118. The highest BCUT2D eigenvalue weighted by atomic mass is 79.9. The highest BCUT2D eigenvalue weighted by Crippen LogP contribution is 2.19. The van der Waals surface area contributed by atoms with Gasteiger partial charge in [0.2, 0.25) is 0 Å². The van der Waals surface area contributed by atoms with Gasteiger partial charge in [-0.25, -0.2) is 9.67 Å². The minimum Gasteiger partial charge on any atom is -0.391 e. The van der Waals surface area contributed by atoms with Crippen molar-refractivity contribution in [3.63, 3.8) is 0 Å². The van der Waals surface area contributed by atoms with Crippen LogP contribution in [-0.2, 0) is 0 Å². The topological polar surface area (TPSA) is 116 Å². The summed E-state index contributed by atoms with van der Waals surface area (Å²) in [5.41, 5.74) is 10.7. The molecular formula is C7H7BrN6O. The van der Waals surface area contributed by atoms with Gasteiger partial charge in [-0.05, 0) is 15.9 Å². The van der Waals surface area contributed by atoms with Crippen LogP contribution in [0, 0.1) is 0 Å². The highest BCUT2D eigenvalue weighted by molar-refractivity contribution is 9.10. The molecule has 0 unspecified atom stereocenters. The number of nitrogens with two attached hydrogens (primary N) is 2. The average molecular weight is 271 g/mol.